The molecule has 2 rings (SSSR count). The second-order valence-electron chi connectivity index (χ2n) is 4.46. The zero-order valence-corrected chi connectivity index (χ0v) is 12.4. The highest BCUT2D eigenvalue weighted by Crippen LogP contribution is 2.25. The summed E-state index contributed by atoms with van der Waals surface area (Å²) in [5.74, 6) is -0.559. The SMILES string of the molecule is CN(Cc1cccc(F)c1)C(=O)c1ccc(Br)c(O)c1. The lowest BCUT2D eigenvalue weighted by Gasteiger charge is -2.17. The predicted molar refractivity (Wildman–Crippen MR) is 78.0 cm³/mol. The highest BCUT2D eigenvalue weighted by molar-refractivity contribution is 9.10. The van der Waals surface area contributed by atoms with Crippen molar-refractivity contribution >= 4 is 21.8 Å². The van der Waals surface area contributed by atoms with Crippen molar-refractivity contribution in [2.75, 3.05) is 7.05 Å². The fraction of sp³-hybridized carbons (Fsp3) is 0.133. The Kier molecular flexibility index (Phi) is 4.39. The lowest BCUT2D eigenvalue weighted by atomic mass is 10.1. The Hall–Kier alpha value is -1.88. The zero-order valence-electron chi connectivity index (χ0n) is 10.8. The molecule has 0 unspecified atom stereocenters. The smallest absolute Gasteiger partial charge is 0.254 e. The number of hydrogen-bond donors (Lipinski definition) is 1. The molecule has 0 saturated carbocycles. The lowest BCUT2D eigenvalue weighted by Crippen LogP contribution is -2.26. The van der Waals surface area contributed by atoms with Crippen LogP contribution < -0.4 is 0 Å². The van der Waals surface area contributed by atoms with E-state index >= 15 is 0 Å². The van der Waals surface area contributed by atoms with Crippen molar-refractivity contribution < 1.29 is 14.3 Å². The van der Waals surface area contributed by atoms with Gasteiger partial charge in [-0.1, -0.05) is 12.1 Å². The molecule has 1 N–H and O–H groups in total. The maximum Gasteiger partial charge on any atom is 0.254 e. The van der Waals surface area contributed by atoms with Crippen LogP contribution in [0, 0.1) is 5.82 Å². The lowest BCUT2D eigenvalue weighted by molar-refractivity contribution is 0.0784. The molecule has 0 atom stereocenters. The molecule has 5 heteroatoms. The first-order valence-electron chi connectivity index (χ1n) is 5.96. The van der Waals surface area contributed by atoms with Gasteiger partial charge in [0.1, 0.15) is 11.6 Å². The fourth-order valence-corrected chi connectivity index (χ4v) is 2.09. The van der Waals surface area contributed by atoms with Gasteiger partial charge in [0, 0.05) is 19.2 Å². The average Bonchev–Trinajstić information content (AvgIpc) is 2.41. The second kappa shape index (κ2) is 6.05. The third kappa shape index (κ3) is 3.36. The number of phenolic OH excluding ortho intramolecular Hbond substituents is 1. The van der Waals surface area contributed by atoms with E-state index in [-0.39, 0.29) is 17.5 Å². The van der Waals surface area contributed by atoms with Crippen LogP contribution in [0.5, 0.6) is 5.75 Å². The maximum atomic E-state index is 13.1. The molecule has 0 aliphatic carbocycles. The molecule has 0 saturated heterocycles. The van der Waals surface area contributed by atoms with Crippen LogP contribution in [-0.4, -0.2) is 23.0 Å². The number of halogens is 2. The van der Waals surface area contributed by atoms with Gasteiger partial charge in [-0.15, -0.1) is 0 Å². The summed E-state index contributed by atoms with van der Waals surface area (Å²) in [5, 5.41) is 9.59. The van der Waals surface area contributed by atoms with Crippen LogP contribution in [0.3, 0.4) is 0 Å². The first kappa shape index (κ1) is 14.5. The Morgan fingerprint density at radius 2 is 2.05 bits per heavy atom. The van der Waals surface area contributed by atoms with Crippen LogP contribution in [0.1, 0.15) is 15.9 Å². The number of hydrogen-bond acceptors (Lipinski definition) is 2. The Bertz CT molecular complexity index is 646. The van der Waals surface area contributed by atoms with Crippen molar-refractivity contribution in [1.29, 1.82) is 0 Å². The predicted octanol–water partition coefficient (Wildman–Crippen LogP) is 3.57. The summed E-state index contributed by atoms with van der Waals surface area (Å²) in [6, 6.07) is 10.7. The van der Waals surface area contributed by atoms with Gasteiger partial charge in [-0.3, -0.25) is 4.79 Å². The molecule has 2 aromatic rings. The van der Waals surface area contributed by atoms with Crippen molar-refractivity contribution in [3.63, 3.8) is 0 Å². The van der Waals surface area contributed by atoms with Crippen LogP contribution in [0.25, 0.3) is 0 Å². The summed E-state index contributed by atoms with van der Waals surface area (Å²) in [5.41, 5.74) is 1.09. The fourth-order valence-electron chi connectivity index (χ4n) is 1.85. The van der Waals surface area contributed by atoms with Crippen LogP contribution in [-0.2, 0) is 6.54 Å². The molecule has 1 amide bonds. The molecule has 0 fully saturated rings. The van der Waals surface area contributed by atoms with Gasteiger partial charge in [0.15, 0.2) is 0 Å². The number of benzene rings is 2. The van der Waals surface area contributed by atoms with E-state index in [1.54, 1.807) is 31.3 Å². The molecule has 20 heavy (non-hydrogen) atoms. The largest absolute Gasteiger partial charge is 0.507 e. The van der Waals surface area contributed by atoms with E-state index in [2.05, 4.69) is 15.9 Å². The minimum Gasteiger partial charge on any atom is -0.507 e. The van der Waals surface area contributed by atoms with Gasteiger partial charge < -0.3 is 10.0 Å². The average molecular weight is 338 g/mol. The second-order valence-corrected chi connectivity index (χ2v) is 5.31. The molecule has 104 valence electrons. The summed E-state index contributed by atoms with van der Waals surface area (Å²) >= 11 is 3.16. The van der Waals surface area contributed by atoms with E-state index in [0.29, 0.717) is 22.1 Å². The molecule has 0 aliphatic rings. The molecule has 0 radical (unpaired) electrons. The molecule has 3 nitrogen and oxygen atoms in total. The van der Waals surface area contributed by atoms with E-state index in [4.69, 9.17) is 0 Å². The van der Waals surface area contributed by atoms with Gasteiger partial charge in [-0.25, -0.2) is 4.39 Å². The van der Waals surface area contributed by atoms with Gasteiger partial charge in [0.2, 0.25) is 0 Å². The van der Waals surface area contributed by atoms with Crippen LogP contribution in [0.15, 0.2) is 46.9 Å². The normalized spacial score (nSPS) is 10.3. The Morgan fingerprint density at radius 1 is 1.30 bits per heavy atom. The zero-order chi connectivity index (χ0) is 14.7. The van der Waals surface area contributed by atoms with Crippen molar-refractivity contribution in [1.82, 2.24) is 4.90 Å². The number of aromatic hydroxyl groups is 1. The van der Waals surface area contributed by atoms with Gasteiger partial charge >= 0.3 is 0 Å². The van der Waals surface area contributed by atoms with Crippen LogP contribution in [0.2, 0.25) is 0 Å². The Balaban J connectivity index is 2.14. The maximum absolute atomic E-state index is 13.1. The quantitative estimate of drug-likeness (QED) is 0.930. The van der Waals surface area contributed by atoms with Gasteiger partial charge in [0.25, 0.3) is 5.91 Å². The van der Waals surface area contributed by atoms with Crippen molar-refractivity contribution in [3.05, 3.63) is 63.9 Å². The summed E-state index contributed by atoms with van der Waals surface area (Å²) in [6.45, 7) is 0.299. The third-order valence-corrected chi connectivity index (χ3v) is 3.52. The third-order valence-electron chi connectivity index (χ3n) is 2.85. The molecule has 0 aliphatic heterocycles. The van der Waals surface area contributed by atoms with Crippen LogP contribution >= 0.6 is 15.9 Å². The van der Waals surface area contributed by atoms with Crippen molar-refractivity contribution in [3.8, 4) is 5.75 Å². The van der Waals surface area contributed by atoms with E-state index in [0.717, 1.165) is 0 Å². The number of amides is 1. The monoisotopic (exact) mass is 337 g/mol. The summed E-state index contributed by atoms with van der Waals surface area (Å²) in [4.78, 5) is 13.7. The van der Waals surface area contributed by atoms with Crippen molar-refractivity contribution in [2.24, 2.45) is 0 Å². The van der Waals surface area contributed by atoms with Gasteiger partial charge in [-0.2, -0.15) is 0 Å². The Morgan fingerprint density at radius 3 is 2.70 bits per heavy atom. The number of nitrogens with zero attached hydrogens (tertiary/aromatic N) is 1. The molecule has 0 heterocycles. The minimum absolute atomic E-state index is 0.00926. The molecular weight excluding hydrogens is 325 g/mol. The van der Waals surface area contributed by atoms with E-state index in [9.17, 15) is 14.3 Å². The van der Waals surface area contributed by atoms with E-state index in [1.807, 2.05) is 0 Å². The summed E-state index contributed by atoms with van der Waals surface area (Å²) in [7, 11) is 1.63. The Labute approximate surface area is 124 Å². The van der Waals surface area contributed by atoms with Crippen LogP contribution in [0.4, 0.5) is 4.39 Å². The van der Waals surface area contributed by atoms with E-state index < -0.39 is 0 Å². The molecule has 0 aromatic heterocycles. The molecular formula is C15H13BrFNO2. The molecule has 0 bridgehead atoms. The highest BCUT2D eigenvalue weighted by Gasteiger charge is 2.13. The van der Waals surface area contributed by atoms with Crippen molar-refractivity contribution in [2.45, 2.75) is 6.54 Å². The van der Waals surface area contributed by atoms with E-state index in [1.165, 1.54) is 23.1 Å². The molecule has 0 spiro atoms. The van der Waals surface area contributed by atoms with Gasteiger partial charge in [-0.05, 0) is 51.8 Å². The standard InChI is InChI=1S/C15H13BrFNO2/c1-18(9-10-3-2-4-12(17)7-10)15(20)11-5-6-13(16)14(19)8-11/h2-8,19H,9H2,1H3. The summed E-state index contributed by atoms with van der Waals surface area (Å²) < 4.78 is 13.6. The molecule has 2 aromatic carbocycles. The first-order chi connectivity index (χ1) is 9.47. The number of phenols is 1. The number of rotatable bonds is 3. The minimum atomic E-state index is -0.329. The number of carbonyl (C=O) groups is 1. The topological polar surface area (TPSA) is 40.5 Å². The van der Waals surface area contributed by atoms with Gasteiger partial charge in [0.05, 0.1) is 4.47 Å². The highest BCUT2D eigenvalue weighted by atomic mass is 79.9. The number of carbonyl (C=O) groups excluding carboxylic acids is 1. The first-order valence-corrected chi connectivity index (χ1v) is 6.75. The summed E-state index contributed by atoms with van der Waals surface area (Å²) in [6.07, 6.45) is 0.